The second-order valence-corrected chi connectivity index (χ2v) is 2.90. The Labute approximate surface area is 55.4 Å². The lowest BCUT2D eigenvalue weighted by Gasteiger charge is -2.22. The predicted molar refractivity (Wildman–Crippen MR) is 37.7 cm³/mol. The van der Waals surface area contributed by atoms with E-state index in [1.54, 1.807) is 0 Å². The van der Waals surface area contributed by atoms with Crippen molar-refractivity contribution in [2.24, 2.45) is 4.99 Å². The molecule has 2 atom stereocenters. The number of fused-ring (bicyclic) bond motifs is 1. The molecular weight excluding hydrogens is 112 g/mol. The second-order valence-electron chi connectivity index (χ2n) is 2.90. The van der Waals surface area contributed by atoms with Crippen LogP contribution in [0.1, 0.15) is 25.7 Å². The maximum atomic E-state index is 4.32. The number of nitrogens with one attached hydrogen (secondary N) is 1. The van der Waals surface area contributed by atoms with Gasteiger partial charge in [-0.25, -0.2) is 0 Å². The highest BCUT2D eigenvalue weighted by molar-refractivity contribution is 5.58. The Morgan fingerprint density at radius 2 is 2.22 bits per heavy atom. The first-order chi connectivity index (χ1) is 4.47. The first-order valence-corrected chi connectivity index (χ1v) is 3.74. The smallest absolute Gasteiger partial charge is 0.0831 e. The maximum Gasteiger partial charge on any atom is 0.0831 e. The minimum absolute atomic E-state index is 0.624. The van der Waals surface area contributed by atoms with Gasteiger partial charge in [-0.2, -0.15) is 0 Å². The van der Waals surface area contributed by atoms with Gasteiger partial charge in [-0.15, -0.1) is 0 Å². The zero-order valence-electron chi connectivity index (χ0n) is 5.51. The van der Waals surface area contributed by atoms with E-state index in [1.807, 2.05) is 6.34 Å². The fourth-order valence-electron chi connectivity index (χ4n) is 1.72. The van der Waals surface area contributed by atoms with Crippen LogP contribution in [0.4, 0.5) is 0 Å². The van der Waals surface area contributed by atoms with Gasteiger partial charge in [-0.05, 0) is 12.8 Å². The van der Waals surface area contributed by atoms with Crippen molar-refractivity contribution in [1.82, 2.24) is 5.32 Å². The van der Waals surface area contributed by atoms with Gasteiger partial charge in [-0.3, -0.25) is 4.99 Å². The molecule has 2 rings (SSSR count). The Morgan fingerprint density at radius 3 is 3.11 bits per heavy atom. The highest BCUT2D eigenvalue weighted by atomic mass is 15.1. The van der Waals surface area contributed by atoms with Crippen molar-refractivity contribution in [3.63, 3.8) is 0 Å². The molecule has 2 aliphatic rings. The lowest BCUT2D eigenvalue weighted by Crippen LogP contribution is -2.34. The molecule has 1 saturated carbocycles. The Kier molecular flexibility index (Phi) is 1.18. The van der Waals surface area contributed by atoms with Crippen molar-refractivity contribution in [2.75, 3.05) is 0 Å². The fourth-order valence-corrected chi connectivity index (χ4v) is 1.72. The van der Waals surface area contributed by atoms with Crippen molar-refractivity contribution in [2.45, 2.75) is 37.8 Å². The van der Waals surface area contributed by atoms with E-state index >= 15 is 0 Å². The van der Waals surface area contributed by atoms with Crippen LogP contribution in [0.2, 0.25) is 0 Å². The van der Waals surface area contributed by atoms with Crippen LogP contribution in [0.3, 0.4) is 0 Å². The molecule has 0 aromatic rings. The van der Waals surface area contributed by atoms with Crippen LogP contribution >= 0.6 is 0 Å². The van der Waals surface area contributed by atoms with Crippen molar-refractivity contribution >= 4 is 6.34 Å². The molecule has 0 radical (unpaired) electrons. The number of aliphatic imine (C=N–C) groups is 1. The Hall–Kier alpha value is -0.530. The van der Waals surface area contributed by atoms with Gasteiger partial charge in [0.05, 0.1) is 12.4 Å². The average Bonchev–Trinajstić information content (AvgIpc) is 2.33. The third-order valence-corrected chi connectivity index (χ3v) is 2.28. The number of rotatable bonds is 0. The standard InChI is InChI=1S/C7H12N2/c1-2-4-7-6(3-1)8-5-9-7/h5-7H,1-4H2,(H,8,9)/t6-,7-/m1/s1. The van der Waals surface area contributed by atoms with Crippen molar-refractivity contribution in [3.8, 4) is 0 Å². The molecule has 1 N–H and O–H groups in total. The molecule has 2 nitrogen and oxygen atoms in total. The summed E-state index contributed by atoms with van der Waals surface area (Å²) in [6.07, 6.45) is 7.26. The van der Waals surface area contributed by atoms with E-state index in [0.717, 1.165) is 0 Å². The lowest BCUT2D eigenvalue weighted by molar-refractivity contribution is 0.385. The Morgan fingerprint density at radius 1 is 1.33 bits per heavy atom. The molecule has 50 valence electrons. The van der Waals surface area contributed by atoms with Crippen LogP contribution < -0.4 is 5.32 Å². The molecule has 0 amide bonds. The zero-order chi connectivity index (χ0) is 6.10. The van der Waals surface area contributed by atoms with Crippen LogP contribution in [-0.2, 0) is 0 Å². The number of hydrogen-bond donors (Lipinski definition) is 1. The summed E-state index contributed by atoms with van der Waals surface area (Å²) in [6, 6.07) is 1.32. The maximum absolute atomic E-state index is 4.32. The Balaban J connectivity index is 2.03. The summed E-state index contributed by atoms with van der Waals surface area (Å²) in [4.78, 5) is 4.32. The molecule has 0 saturated heterocycles. The van der Waals surface area contributed by atoms with Gasteiger partial charge in [-0.1, -0.05) is 12.8 Å². The summed E-state index contributed by atoms with van der Waals surface area (Å²) in [5.41, 5.74) is 0. The Bertz CT molecular complexity index is 131. The van der Waals surface area contributed by atoms with Crippen LogP contribution in [0.5, 0.6) is 0 Å². The van der Waals surface area contributed by atoms with Gasteiger partial charge in [0.2, 0.25) is 0 Å². The lowest BCUT2D eigenvalue weighted by atomic mass is 9.92. The van der Waals surface area contributed by atoms with Crippen LogP contribution in [0.25, 0.3) is 0 Å². The van der Waals surface area contributed by atoms with Crippen molar-refractivity contribution in [3.05, 3.63) is 0 Å². The summed E-state index contributed by atoms with van der Waals surface area (Å²) >= 11 is 0. The van der Waals surface area contributed by atoms with Gasteiger partial charge in [0.25, 0.3) is 0 Å². The summed E-state index contributed by atoms with van der Waals surface area (Å²) < 4.78 is 0. The van der Waals surface area contributed by atoms with Crippen LogP contribution in [0, 0.1) is 0 Å². The average molecular weight is 124 g/mol. The third kappa shape index (κ3) is 0.824. The molecule has 1 fully saturated rings. The molecular formula is C7H12N2. The predicted octanol–water partition coefficient (Wildman–Crippen LogP) is 0.929. The SMILES string of the molecule is C1=N[C@@H]2CCCC[C@H]2N1. The van der Waals surface area contributed by atoms with Gasteiger partial charge < -0.3 is 5.32 Å². The summed E-state index contributed by atoms with van der Waals surface area (Å²) in [6.45, 7) is 0. The molecule has 1 aliphatic carbocycles. The third-order valence-electron chi connectivity index (χ3n) is 2.28. The quantitative estimate of drug-likeness (QED) is 0.510. The second kappa shape index (κ2) is 2.01. The highest BCUT2D eigenvalue weighted by Crippen LogP contribution is 2.22. The normalized spacial score (nSPS) is 40.0. The molecule has 9 heavy (non-hydrogen) atoms. The molecule has 0 unspecified atom stereocenters. The number of nitrogens with zero attached hydrogens (tertiary/aromatic N) is 1. The van der Waals surface area contributed by atoms with Crippen LogP contribution in [0.15, 0.2) is 4.99 Å². The minimum atomic E-state index is 0.624. The van der Waals surface area contributed by atoms with Crippen LogP contribution in [-0.4, -0.2) is 18.4 Å². The summed E-state index contributed by atoms with van der Waals surface area (Å²) in [5.74, 6) is 0. The largest absolute Gasteiger partial charge is 0.372 e. The minimum Gasteiger partial charge on any atom is -0.372 e. The van der Waals surface area contributed by atoms with Gasteiger partial charge in [0, 0.05) is 6.04 Å². The molecule has 0 aromatic carbocycles. The molecule has 0 bridgehead atoms. The molecule has 0 aromatic heterocycles. The monoisotopic (exact) mass is 124 g/mol. The van der Waals surface area contributed by atoms with Crippen molar-refractivity contribution in [1.29, 1.82) is 0 Å². The van der Waals surface area contributed by atoms with Gasteiger partial charge in [0.1, 0.15) is 0 Å². The van der Waals surface area contributed by atoms with E-state index in [9.17, 15) is 0 Å². The fraction of sp³-hybridized carbons (Fsp3) is 0.857. The van der Waals surface area contributed by atoms with Gasteiger partial charge in [0.15, 0.2) is 0 Å². The zero-order valence-corrected chi connectivity index (χ0v) is 5.51. The molecule has 1 aliphatic heterocycles. The van der Waals surface area contributed by atoms with E-state index in [0.29, 0.717) is 12.1 Å². The van der Waals surface area contributed by atoms with Gasteiger partial charge >= 0.3 is 0 Å². The van der Waals surface area contributed by atoms with E-state index in [1.165, 1.54) is 25.7 Å². The molecule has 1 heterocycles. The molecule has 0 spiro atoms. The topological polar surface area (TPSA) is 24.4 Å². The molecule has 2 heteroatoms. The van der Waals surface area contributed by atoms with E-state index in [4.69, 9.17) is 0 Å². The summed E-state index contributed by atoms with van der Waals surface area (Å²) in [5, 5.41) is 3.27. The van der Waals surface area contributed by atoms with E-state index < -0.39 is 0 Å². The number of hydrogen-bond acceptors (Lipinski definition) is 2. The summed E-state index contributed by atoms with van der Waals surface area (Å²) in [7, 11) is 0. The van der Waals surface area contributed by atoms with E-state index in [-0.39, 0.29) is 0 Å². The first-order valence-electron chi connectivity index (χ1n) is 3.74. The first kappa shape index (κ1) is 5.27. The van der Waals surface area contributed by atoms with E-state index in [2.05, 4.69) is 10.3 Å². The van der Waals surface area contributed by atoms with Crippen molar-refractivity contribution < 1.29 is 0 Å². The highest BCUT2D eigenvalue weighted by Gasteiger charge is 2.25.